The molecule has 1 rings (SSSR count). The summed E-state index contributed by atoms with van der Waals surface area (Å²) in [6, 6.07) is 0.426. The summed E-state index contributed by atoms with van der Waals surface area (Å²) in [5.41, 5.74) is 2.16. The van der Waals surface area contributed by atoms with Crippen molar-refractivity contribution in [1.29, 1.82) is 0 Å². The third kappa shape index (κ3) is 3.07. The van der Waals surface area contributed by atoms with Crippen molar-refractivity contribution in [2.24, 2.45) is 5.41 Å². The molecular weight excluding hydrogens is 192 g/mol. The summed E-state index contributed by atoms with van der Waals surface area (Å²) < 4.78 is 0. The predicted molar refractivity (Wildman–Crippen MR) is 62.6 cm³/mol. The van der Waals surface area contributed by atoms with Crippen LogP contribution in [0.1, 0.15) is 45.0 Å². The van der Waals surface area contributed by atoms with Gasteiger partial charge in [0.05, 0.1) is 5.51 Å². The Labute approximate surface area is 90.8 Å². The summed E-state index contributed by atoms with van der Waals surface area (Å²) in [6.45, 7) is 10.1. The second-order valence-corrected chi connectivity index (χ2v) is 5.57. The Balaban J connectivity index is 2.73. The van der Waals surface area contributed by atoms with Crippen LogP contribution >= 0.6 is 11.3 Å². The van der Waals surface area contributed by atoms with E-state index in [2.05, 4.69) is 38.0 Å². The van der Waals surface area contributed by atoms with Crippen molar-refractivity contribution in [3.63, 3.8) is 0 Å². The van der Waals surface area contributed by atoms with Crippen LogP contribution in [0.5, 0.6) is 0 Å². The third-order valence-electron chi connectivity index (χ3n) is 2.20. The topological polar surface area (TPSA) is 24.9 Å². The molecule has 1 unspecified atom stereocenters. The van der Waals surface area contributed by atoms with Crippen LogP contribution in [0.15, 0.2) is 11.7 Å². The zero-order chi connectivity index (χ0) is 10.6. The molecule has 0 saturated heterocycles. The van der Waals surface area contributed by atoms with E-state index in [4.69, 9.17) is 0 Å². The molecule has 1 atom stereocenters. The average molecular weight is 212 g/mol. The molecule has 80 valence electrons. The standard InChI is InChI=1S/C11H20N2S/c1-5-6-13-10(11(2,3)4)9-7-12-8-14-9/h7-8,10,13H,5-6H2,1-4H3. The molecule has 0 aliphatic rings. The molecule has 0 aliphatic carbocycles. The molecule has 3 heteroatoms. The van der Waals surface area contributed by atoms with E-state index in [1.54, 1.807) is 11.3 Å². The highest BCUT2D eigenvalue weighted by atomic mass is 32.1. The first kappa shape index (κ1) is 11.7. The molecule has 0 spiro atoms. The van der Waals surface area contributed by atoms with E-state index in [-0.39, 0.29) is 5.41 Å². The molecule has 0 radical (unpaired) electrons. The number of thiazole rings is 1. The monoisotopic (exact) mass is 212 g/mol. The number of rotatable bonds is 4. The number of hydrogen-bond acceptors (Lipinski definition) is 3. The maximum absolute atomic E-state index is 4.14. The number of aromatic nitrogens is 1. The summed E-state index contributed by atoms with van der Waals surface area (Å²) in [5.74, 6) is 0. The molecule has 2 nitrogen and oxygen atoms in total. The van der Waals surface area contributed by atoms with Crippen molar-refractivity contribution in [2.45, 2.75) is 40.2 Å². The second-order valence-electron chi connectivity index (χ2n) is 4.66. The zero-order valence-corrected chi connectivity index (χ0v) is 10.3. The lowest BCUT2D eigenvalue weighted by molar-refractivity contribution is 0.277. The molecule has 1 aromatic rings. The maximum Gasteiger partial charge on any atom is 0.0794 e. The fraction of sp³-hybridized carbons (Fsp3) is 0.727. The normalized spacial score (nSPS) is 14.3. The fourth-order valence-corrected chi connectivity index (χ4v) is 2.43. The predicted octanol–water partition coefficient (Wildman–Crippen LogP) is 3.23. The average Bonchev–Trinajstić information content (AvgIpc) is 2.55. The second kappa shape index (κ2) is 4.89. The van der Waals surface area contributed by atoms with Gasteiger partial charge < -0.3 is 5.32 Å². The van der Waals surface area contributed by atoms with Gasteiger partial charge in [-0.05, 0) is 18.4 Å². The molecule has 0 amide bonds. The minimum atomic E-state index is 0.252. The molecule has 0 bridgehead atoms. The summed E-state index contributed by atoms with van der Waals surface area (Å²) in [6.07, 6.45) is 3.15. The lowest BCUT2D eigenvalue weighted by atomic mass is 9.86. The van der Waals surface area contributed by atoms with Gasteiger partial charge in [0, 0.05) is 17.1 Å². The van der Waals surface area contributed by atoms with Crippen LogP contribution in [-0.2, 0) is 0 Å². The molecule has 1 N–H and O–H groups in total. The highest BCUT2D eigenvalue weighted by Crippen LogP contribution is 2.34. The minimum Gasteiger partial charge on any atom is -0.309 e. The van der Waals surface area contributed by atoms with Crippen LogP contribution in [0.25, 0.3) is 0 Å². The summed E-state index contributed by atoms with van der Waals surface area (Å²) in [7, 11) is 0. The van der Waals surface area contributed by atoms with Gasteiger partial charge in [-0.25, -0.2) is 0 Å². The Hall–Kier alpha value is -0.410. The first-order valence-electron chi connectivity index (χ1n) is 5.17. The van der Waals surface area contributed by atoms with Crippen LogP contribution in [0.3, 0.4) is 0 Å². The first-order chi connectivity index (χ1) is 6.55. The molecule has 0 aliphatic heterocycles. The fourth-order valence-electron chi connectivity index (χ4n) is 1.49. The molecule has 1 aromatic heterocycles. The molecule has 0 saturated carbocycles. The van der Waals surface area contributed by atoms with Crippen molar-refractivity contribution in [3.8, 4) is 0 Å². The van der Waals surface area contributed by atoms with Gasteiger partial charge in [0.2, 0.25) is 0 Å². The van der Waals surface area contributed by atoms with Gasteiger partial charge in [-0.15, -0.1) is 11.3 Å². The van der Waals surface area contributed by atoms with Gasteiger partial charge in [0.25, 0.3) is 0 Å². The van der Waals surface area contributed by atoms with Crippen LogP contribution in [0, 0.1) is 5.41 Å². The van der Waals surface area contributed by atoms with Gasteiger partial charge in [-0.2, -0.15) is 0 Å². The van der Waals surface area contributed by atoms with Gasteiger partial charge in [0.15, 0.2) is 0 Å². The minimum absolute atomic E-state index is 0.252. The van der Waals surface area contributed by atoms with Gasteiger partial charge in [-0.3, -0.25) is 4.98 Å². The molecule has 0 fully saturated rings. The highest BCUT2D eigenvalue weighted by Gasteiger charge is 2.26. The van der Waals surface area contributed by atoms with Crippen molar-refractivity contribution in [3.05, 3.63) is 16.6 Å². The maximum atomic E-state index is 4.14. The number of nitrogens with one attached hydrogen (secondary N) is 1. The first-order valence-corrected chi connectivity index (χ1v) is 6.05. The quantitative estimate of drug-likeness (QED) is 0.829. The van der Waals surface area contributed by atoms with Crippen LogP contribution in [-0.4, -0.2) is 11.5 Å². The van der Waals surface area contributed by atoms with Crippen molar-refractivity contribution >= 4 is 11.3 Å². The van der Waals surface area contributed by atoms with Gasteiger partial charge >= 0.3 is 0 Å². The summed E-state index contributed by atoms with van der Waals surface area (Å²) >= 11 is 1.73. The lowest BCUT2D eigenvalue weighted by Gasteiger charge is -2.30. The smallest absolute Gasteiger partial charge is 0.0794 e. The lowest BCUT2D eigenvalue weighted by Crippen LogP contribution is -2.32. The van der Waals surface area contributed by atoms with Crippen LogP contribution in [0.2, 0.25) is 0 Å². The molecular formula is C11H20N2S. The van der Waals surface area contributed by atoms with E-state index in [1.165, 1.54) is 11.3 Å². The van der Waals surface area contributed by atoms with Crippen molar-refractivity contribution in [1.82, 2.24) is 10.3 Å². The van der Waals surface area contributed by atoms with Gasteiger partial charge in [-0.1, -0.05) is 27.7 Å². The highest BCUT2D eigenvalue weighted by molar-refractivity contribution is 7.09. The van der Waals surface area contributed by atoms with Crippen LogP contribution < -0.4 is 5.32 Å². The zero-order valence-electron chi connectivity index (χ0n) is 9.50. The van der Waals surface area contributed by atoms with Crippen LogP contribution in [0.4, 0.5) is 0 Å². The van der Waals surface area contributed by atoms with Crippen molar-refractivity contribution in [2.75, 3.05) is 6.54 Å². The summed E-state index contributed by atoms with van der Waals surface area (Å²) in [4.78, 5) is 5.48. The van der Waals surface area contributed by atoms with E-state index < -0.39 is 0 Å². The Morgan fingerprint density at radius 1 is 1.50 bits per heavy atom. The SMILES string of the molecule is CCCNC(c1cncs1)C(C)(C)C. The molecule has 14 heavy (non-hydrogen) atoms. The Bertz CT molecular complexity index is 249. The number of nitrogens with zero attached hydrogens (tertiary/aromatic N) is 1. The van der Waals surface area contributed by atoms with Crippen molar-refractivity contribution < 1.29 is 0 Å². The van der Waals surface area contributed by atoms with E-state index in [9.17, 15) is 0 Å². The largest absolute Gasteiger partial charge is 0.309 e. The van der Waals surface area contributed by atoms with Gasteiger partial charge in [0.1, 0.15) is 0 Å². The Morgan fingerprint density at radius 2 is 2.21 bits per heavy atom. The van der Waals surface area contributed by atoms with E-state index >= 15 is 0 Å². The van der Waals surface area contributed by atoms with E-state index in [0.29, 0.717) is 6.04 Å². The molecule has 1 heterocycles. The Kier molecular flexibility index (Phi) is 4.08. The van der Waals surface area contributed by atoms with E-state index in [1.807, 2.05) is 11.7 Å². The van der Waals surface area contributed by atoms with E-state index in [0.717, 1.165) is 6.54 Å². The number of hydrogen-bond donors (Lipinski definition) is 1. The third-order valence-corrected chi connectivity index (χ3v) is 3.04. The Morgan fingerprint density at radius 3 is 2.64 bits per heavy atom. The molecule has 0 aromatic carbocycles. The summed E-state index contributed by atoms with van der Waals surface area (Å²) in [5, 5.41) is 3.58.